The first-order valence-electron chi connectivity index (χ1n) is 7.39. The van der Waals surface area contributed by atoms with E-state index in [2.05, 4.69) is 5.32 Å². The number of nitrogens with one attached hydrogen (secondary N) is 1. The second-order valence-electron chi connectivity index (χ2n) is 5.50. The largest absolute Gasteiger partial charge is 0.459 e. The van der Waals surface area contributed by atoms with Gasteiger partial charge in [-0.05, 0) is 55.3 Å². The van der Waals surface area contributed by atoms with Gasteiger partial charge < -0.3 is 9.73 Å². The Morgan fingerprint density at radius 2 is 1.78 bits per heavy atom. The highest BCUT2D eigenvalue weighted by atomic mass is 35.5. The van der Waals surface area contributed by atoms with E-state index in [0.717, 1.165) is 43.9 Å². The second kappa shape index (κ2) is 6.69. The highest BCUT2D eigenvalue weighted by Gasteiger charge is 2.09. The molecule has 0 saturated heterocycles. The van der Waals surface area contributed by atoms with Crippen LogP contribution in [0.15, 0.2) is 52.9 Å². The van der Waals surface area contributed by atoms with Gasteiger partial charge in [0.25, 0.3) is 0 Å². The monoisotopic (exact) mass is 345 g/mol. The Kier molecular flexibility index (Phi) is 4.65. The van der Waals surface area contributed by atoms with Gasteiger partial charge in [-0.1, -0.05) is 41.4 Å². The molecule has 0 spiro atoms. The Hall–Kier alpha value is -1.90. The van der Waals surface area contributed by atoms with Crippen LogP contribution < -0.4 is 5.32 Å². The summed E-state index contributed by atoms with van der Waals surface area (Å²) in [6, 6.07) is 15.7. The average Bonchev–Trinajstić information content (AvgIpc) is 3.00. The van der Waals surface area contributed by atoms with Gasteiger partial charge in [0.05, 0.1) is 6.54 Å². The van der Waals surface area contributed by atoms with Crippen molar-refractivity contribution < 1.29 is 4.42 Å². The fraction of sp³-hybridized carbons (Fsp3) is 0.158. The molecule has 0 unspecified atom stereocenters. The van der Waals surface area contributed by atoms with Crippen molar-refractivity contribution in [3.05, 3.63) is 75.5 Å². The molecule has 0 aliphatic heterocycles. The van der Waals surface area contributed by atoms with E-state index in [-0.39, 0.29) is 0 Å². The fourth-order valence-electron chi connectivity index (χ4n) is 2.38. The third kappa shape index (κ3) is 3.54. The van der Waals surface area contributed by atoms with Crippen LogP contribution in [0.4, 0.5) is 5.69 Å². The van der Waals surface area contributed by atoms with Crippen LogP contribution in [-0.4, -0.2) is 0 Å². The first-order chi connectivity index (χ1) is 11.0. The van der Waals surface area contributed by atoms with Crippen LogP contribution in [0.1, 0.15) is 16.9 Å². The number of rotatable bonds is 4. The van der Waals surface area contributed by atoms with Crippen molar-refractivity contribution in [2.45, 2.75) is 20.4 Å². The first-order valence-corrected chi connectivity index (χ1v) is 8.14. The Balaban J connectivity index is 1.74. The van der Waals surface area contributed by atoms with Crippen molar-refractivity contribution >= 4 is 28.9 Å². The van der Waals surface area contributed by atoms with Crippen molar-refractivity contribution in [2.75, 3.05) is 5.32 Å². The van der Waals surface area contributed by atoms with E-state index in [4.69, 9.17) is 27.6 Å². The standard InChI is InChI=1S/C19H17Cl2NO/c1-12-6-7-14(10-18(12)21)22-11-15-8-9-19(23-15)16-4-3-5-17(20)13(16)2/h3-10,22H,11H2,1-2H3. The van der Waals surface area contributed by atoms with Gasteiger partial charge in [0, 0.05) is 21.3 Å². The summed E-state index contributed by atoms with van der Waals surface area (Å²) in [6.07, 6.45) is 0. The van der Waals surface area contributed by atoms with E-state index >= 15 is 0 Å². The van der Waals surface area contributed by atoms with Crippen molar-refractivity contribution in [2.24, 2.45) is 0 Å². The summed E-state index contributed by atoms with van der Waals surface area (Å²) < 4.78 is 5.93. The lowest BCUT2D eigenvalue weighted by atomic mass is 10.1. The minimum atomic E-state index is 0.596. The molecule has 3 aromatic rings. The topological polar surface area (TPSA) is 25.2 Å². The van der Waals surface area contributed by atoms with E-state index in [9.17, 15) is 0 Å². The SMILES string of the molecule is Cc1ccc(NCc2ccc(-c3cccc(Cl)c3C)o2)cc1Cl. The smallest absolute Gasteiger partial charge is 0.134 e. The molecule has 0 aliphatic carbocycles. The molecule has 1 heterocycles. The summed E-state index contributed by atoms with van der Waals surface area (Å²) in [5, 5.41) is 4.81. The van der Waals surface area contributed by atoms with Crippen LogP contribution in [0.2, 0.25) is 10.0 Å². The summed E-state index contributed by atoms with van der Waals surface area (Å²) in [4.78, 5) is 0. The first kappa shape index (κ1) is 16.0. The van der Waals surface area contributed by atoms with Gasteiger partial charge in [-0.15, -0.1) is 0 Å². The third-order valence-corrected chi connectivity index (χ3v) is 4.65. The Morgan fingerprint density at radius 3 is 2.57 bits per heavy atom. The van der Waals surface area contributed by atoms with Gasteiger partial charge in [0.2, 0.25) is 0 Å². The lowest BCUT2D eigenvalue weighted by Crippen LogP contribution is -1.98. The zero-order chi connectivity index (χ0) is 16.4. The number of hydrogen-bond donors (Lipinski definition) is 1. The fourth-order valence-corrected chi connectivity index (χ4v) is 2.74. The summed E-state index contributed by atoms with van der Waals surface area (Å²) in [6.45, 7) is 4.57. The van der Waals surface area contributed by atoms with E-state index in [1.165, 1.54) is 0 Å². The molecule has 0 radical (unpaired) electrons. The predicted molar refractivity (Wildman–Crippen MR) is 97.4 cm³/mol. The van der Waals surface area contributed by atoms with Crippen LogP contribution in [-0.2, 0) is 6.54 Å². The molecule has 0 bridgehead atoms. The molecular formula is C19H17Cl2NO. The van der Waals surface area contributed by atoms with Crippen molar-refractivity contribution in [1.29, 1.82) is 0 Å². The van der Waals surface area contributed by atoms with Crippen molar-refractivity contribution in [3.8, 4) is 11.3 Å². The number of benzene rings is 2. The van der Waals surface area contributed by atoms with Gasteiger partial charge in [-0.2, -0.15) is 0 Å². The number of halogens is 2. The summed E-state index contributed by atoms with van der Waals surface area (Å²) in [5.74, 6) is 1.68. The molecular weight excluding hydrogens is 329 g/mol. The quantitative estimate of drug-likeness (QED) is 0.585. The number of hydrogen-bond acceptors (Lipinski definition) is 2. The van der Waals surface area contributed by atoms with E-state index in [0.29, 0.717) is 6.54 Å². The minimum Gasteiger partial charge on any atom is -0.459 e. The lowest BCUT2D eigenvalue weighted by molar-refractivity contribution is 0.531. The third-order valence-electron chi connectivity index (χ3n) is 3.83. The normalized spacial score (nSPS) is 10.8. The molecule has 118 valence electrons. The van der Waals surface area contributed by atoms with Crippen molar-refractivity contribution in [3.63, 3.8) is 0 Å². The lowest BCUT2D eigenvalue weighted by Gasteiger charge is -2.07. The summed E-state index contributed by atoms with van der Waals surface area (Å²) in [7, 11) is 0. The molecule has 0 amide bonds. The number of furan rings is 1. The van der Waals surface area contributed by atoms with Crippen LogP contribution >= 0.6 is 23.2 Å². The maximum atomic E-state index is 6.17. The molecule has 1 aromatic heterocycles. The van der Waals surface area contributed by atoms with Gasteiger partial charge in [-0.3, -0.25) is 0 Å². The summed E-state index contributed by atoms with van der Waals surface area (Å²) in [5.41, 5.74) is 4.07. The van der Waals surface area contributed by atoms with E-state index in [1.54, 1.807) is 0 Å². The van der Waals surface area contributed by atoms with E-state index < -0.39 is 0 Å². The van der Waals surface area contributed by atoms with Gasteiger partial charge in [-0.25, -0.2) is 0 Å². The Morgan fingerprint density at radius 1 is 0.957 bits per heavy atom. The summed E-state index contributed by atoms with van der Waals surface area (Å²) >= 11 is 12.3. The van der Waals surface area contributed by atoms with Gasteiger partial charge in [0.15, 0.2) is 0 Å². The Bertz CT molecular complexity index is 839. The minimum absolute atomic E-state index is 0.596. The van der Waals surface area contributed by atoms with Crippen LogP contribution in [0, 0.1) is 13.8 Å². The molecule has 2 nitrogen and oxygen atoms in total. The van der Waals surface area contributed by atoms with Gasteiger partial charge >= 0.3 is 0 Å². The zero-order valence-electron chi connectivity index (χ0n) is 13.0. The van der Waals surface area contributed by atoms with Gasteiger partial charge in [0.1, 0.15) is 11.5 Å². The number of aryl methyl sites for hydroxylation is 1. The molecule has 4 heteroatoms. The van der Waals surface area contributed by atoms with Crippen molar-refractivity contribution in [1.82, 2.24) is 0 Å². The average molecular weight is 346 g/mol. The zero-order valence-corrected chi connectivity index (χ0v) is 14.5. The maximum Gasteiger partial charge on any atom is 0.134 e. The molecule has 0 aliphatic rings. The second-order valence-corrected chi connectivity index (χ2v) is 6.31. The number of anilines is 1. The van der Waals surface area contributed by atoms with Crippen LogP contribution in [0.3, 0.4) is 0 Å². The van der Waals surface area contributed by atoms with Crippen LogP contribution in [0.25, 0.3) is 11.3 Å². The van der Waals surface area contributed by atoms with E-state index in [1.807, 2.05) is 62.4 Å². The highest BCUT2D eigenvalue weighted by molar-refractivity contribution is 6.32. The molecule has 23 heavy (non-hydrogen) atoms. The maximum absolute atomic E-state index is 6.17. The molecule has 0 fully saturated rings. The highest BCUT2D eigenvalue weighted by Crippen LogP contribution is 2.30. The Labute approximate surface area is 146 Å². The predicted octanol–water partition coefficient (Wildman–Crippen LogP) is 6.48. The molecule has 0 saturated carbocycles. The van der Waals surface area contributed by atoms with Crippen LogP contribution in [0.5, 0.6) is 0 Å². The molecule has 0 atom stereocenters. The molecule has 1 N–H and O–H groups in total. The molecule has 2 aromatic carbocycles. The molecule has 3 rings (SSSR count).